The summed E-state index contributed by atoms with van der Waals surface area (Å²) in [5.74, 6) is -1.02. The Balaban J connectivity index is 3.34. The van der Waals surface area contributed by atoms with Crippen molar-refractivity contribution >= 4 is 11.7 Å². The number of nitrogens with two attached hydrogens (primary N) is 1. The average molecular weight is 237 g/mol. The number of carboxylic acid groups (broad SMARTS) is 1. The van der Waals surface area contributed by atoms with Crippen molar-refractivity contribution in [3.05, 3.63) is 23.8 Å². The Morgan fingerprint density at radius 1 is 1.41 bits per heavy atom. The van der Waals surface area contributed by atoms with Crippen LogP contribution in [0.3, 0.4) is 0 Å². The number of ether oxygens (including phenoxy) is 1. The number of para-hydroxylation sites is 1. The lowest BCUT2D eigenvalue weighted by Crippen LogP contribution is -2.27. The molecule has 94 valence electrons. The van der Waals surface area contributed by atoms with Crippen LogP contribution in [0.2, 0.25) is 0 Å². The monoisotopic (exact) mass is 237 g/mol. The van der Waals surface area contributed by atoms with E-state index in [1.807, 2.05) is 20.8 Å². The number of benzene rings is 1. The van der Waals surface area contributed by atoms with E-state index >= 15 is 0 Å². The number of hydrogen-bond acceptors (Lipinski definition) is 3. The summed E-state index contributed by atoms with van der Waals surface area (Å²) in [5, 5.41) is 9.35. The topological polar surface area (TPSA) is 72.5 Å². The molecule has 0 radical (unpaired) electrons. The predicted octanol–water partition coefficient (Wildman–Crippen LogP) is 2.49. The average Bonchev–Trinajstić information content (AvgIpc) is 2.18. The lowest BCUT2D eigenvalue weighted by molar-refractivity contribution is -0.141. The SMILES string of the molecule is COc1cccc(C(C(=O)O)C(C)(C)C)c1N. The van der Waals surface area contributed by atoms with Crippen molar-refractivity contribution in [1.82, 2.24) is 0 Å². The van der Waals surface area contributed by atoms with Gasteiger partial charge in [-0.2, -0.15) is 0 Å². The zero-order valence-corrected chi connectivity index (χ0v) is 10.7. The Morgan fingerprint density at radius 3 is 2.41 bits per heavy atom. The Bertz CT molecular complexity index is 421. The van der Waals surface area contributed by atoms with Gasteiger partial charge >= 0.3 is 5.97 Å². The molecule has 17 heavy (non-hydrogen) atoms. The minimum absolute atomic E-state index is 0.400. The summed E-state index contributed by atoms with van der Waals surface area (Å²) in [7, 11) is 1.52. The van der Waals surface area contributed by atoms with Gasteiger partial charge in [0, 0.05) is 0 Å². The molecule has 0 heterocycles. The summed E-state index contributed by atoms with van der Waals surface area (Å²) in [4.78, 5) is 11.4. The van der Waals surface area contributed by atoms with Crippen LogP contribution in [0.15, 0.2) is 18.2 Å². The number of nitrogen functional groups attached to an aromatic ring is 1. The molecule has 4 heteroatoms. The van der Waals surface area contributed by atoms with Gasteiger partial charge in [0.2, 0.25) is 0 Å². The van der Waals surface area contributed by atoms with E-state index in [0.29, 0.717) is 17.0 Å². The molecular weight excluding hydrogens is 218 g/mol. The van der Waals surface area contributed by atoms with Gasteiger partial charge < -0.3 is 15.6 Å². The van der Waals surface area contributed by atoms with Gasteiger partial charge in [0.15, 0.2) is 0 Å². The van der Waals surface area contributed by atoms with E-state index in [1.165, 1.54) is 7.11 Å². The highest BCUT2D eigenvalue weighted by molar-refractivity contribution is 5.80. The van der Waals surface area contributed by atoms with Crippen molar-refractivity contribution in [3.63, 3.8) is 0 Å². The standard InChI is InChI=1S/C13H19NO3/c1-13(2,3)10(12(15)16)8-6-5-7-9(17-4)11(8)14/h5-7,10H,14H2,1-4H3,(H,15,16). The lowest BCUT2D eigenvalue weighted by Gasteiger charge is -2.28. The Kier molecular flexibility index (Phi) is 3.66. The molecule has 0 aliphatic heterocycles. The van der Waals surface area contributed by atoms with Gasteiger partial charge in [-0.05, 0) is 17.0 Å². The van der Waals surface area contributed by atoms with E-state index in [0.717, 1.165) is 0 Å². The Hall–Kier alpha value is -1.71. The van der Waals surface area contributed by atoms with Gasteiger partial charge in [0.05, 0.1) is 18.7 Å². The fraction of sp³-hybridized carbons (Fsp3) is 0.462. The molecule has 0 saturated carbocycles. The maximum Gasteiger partial charge on any atom is 0.311 e. The smallest absolute Gasteiger partial charge is 0.311 e. The van der Waals surface area contributed by atoms with Crippen molar-refractivity contribution in [2.45, 2.75) is 26.7 Å². The number of aliphatic carboxylic acids is 1. The van der Waals surface area contributed by atoms with Crippen LogP contribution in [0, 0.1) is 5.41 Å². The van der Waals surface area contributed by atoms with Crippen molar-refractivity contribution in [2.75, 3.05) is 12.8 Å². The fourth-order valence-corrected chi connectivity index (χ4v) is 1.96. The summed E-state index contributed by atoms with van der Waals surface area (Å²) in [6, 6.07) is 5.22. The second-order valence-corrected chi connectivity index (χ2v) is 5.10. The number of methoxy groups -OCH3 is 1. The van der Waals surface area contributed by atoms with Crippen LogP contribution in [0.4, 0.5) is 5.69 Å². The van der Waals surface area contributed by atoms with Gasteiger partial charge in [-0.3, -0.25) is 4.79 Å². The minimum Gasteiger partial charge on any atom is -0.495 e. The van der Waals surface area contributed by atoms with Gasteiger partial charge in [-0.15, -0.1) is 0 Å². The third kappa shape index (κ3) is 2.70. The second-order valence-electron chi connectivity index (χ2n) is 5.10. The molecule has 0 spiro atoms. The van der Waals surface area contributed by atoms with Gasteiger partial charge in [0.1, 0.15) is 5.75 Å². The molecule has 0 aromatic heterocycles. The third-order valence-electron chi connectivity index (χ3n) is 2.74. The fourth-order valence-electron chi connectivity index (χ4n) is 1.96. The highest BCUT2D eigenvalue weighted by atomic mass is 16.5. The van der Waals surface area contributed by atoms with Crippen LogP contribution in [-0.4, -0.2) is 18.2 Å². The minimum atomic E-state index is -0.877. The lowest BCUT2D eigenvalue weighted by atomic mass is 9.76. The molecule has 1 aromatic carbocycles. The van der Waals surface area contributed by atoms with Crippen LogP contribution in [0.25, 0.3) is 0 Å². The molecule has 0 amide bonds. The first-order valence-electron chi connectivity index (χ1n) is 5.44. The molecule has 1 aromatic rings. The summed E-state index contributed by atoms with van der Waals surface area (Å²) in [6.07, 6.45) is 0. The van der Waals surface area contributed by atoms with E-state index < -0.39 is 17.3 Å². The van der Waals surface area contributed by atoms with Gasteiger partial charge in [-0.1, -0.05) is 32.9 Å². The summed E-state index contributed by atoms with van der Waals surface area (Å²) in [5.41, 5.74) is 6.53. The predicted molar refractivity (Wildman–Crippen MR) is 67.2 cm³/mol. The van der Waals surface area contributed by atoms with Crippen molar-refractivity contribution in [2.24, 2.45) is 5.41 Å². The number of hydrogen-bond donors (Lipinski definition) is 2. The first kappa shape index (κ1) is 13.4. The largest absolute Gasteiger partial charge is 0.495 e. The van der Waals surface area contributed by atoms with Gasteiger partial charge in [-0.25, -0.2) is 0 Å². The molecule has 0 bridgehead atoms. The molecule has 1 unspecified atom stereocenters. The Labute approximate surface area is 101 Å². The third-order valence-corrected chi connectivity index (χ3v) is 2.74. The van der Waals surface area contributed by atoms with E-state index in [-0.39, 0.29) is 0 Å². The van der Waals surface area contributed by atoms with E-state index in [2.05, 4.69) is 0 Å². The highest BCUT2D eigenvalue weighted by Gasteiger charge is 2.34. The molecule has 0 fully saturated rings. The summed E-state index contributed by atoms with van der Waals surface area (Å²) < 4.78 is 5.11. The van der Waals surface area contributed by atoms with Gasteiger partial charge in [0.25, 0.3) is 0 Å². The number of rotatable bonds is 3. The zero-order valence-electron chi connectivity index (χ0n) is 10.7. The van der Waals surface area contributed by atoms with Crippen LogP contribution in [0.1, 0.15) is 32.3 Å². The van der Waals surface area contributed by atoms with Crippen molar-refractivity contribution in [1.29, 1.82) is 0 Å². The molecule has 1 atom stereocenters. The Morgan fingerprint density at radius 2 is 2.00 bits per heavy atom. The first-order chi connectivity index (χ1) is 7.79. The molecular formula is C13H19NO3. The highest BCUT2D eigenvalue weighted by Crippen LogP contribution is 2.40. The molecule has 0 aliphatic carbocycles. The maximum atomic E-state index is 11.4. The first-order valence-corrected chi connectivity index (χ1v) is 5.44. The van der Waals surface area contributed by atoms with E-state index in [1.54, 1.807) is 18.2 Å². The van der Waals surface area contributed by atoms with Crippen molar-refractivity contribution in [3.8, 4) is 5.75 Å². The normalized spacial score (nSPS) is 13.2. The number of anilines is 1. The molecule has 4 nitrogen and oxygen atoms in total. The maximum absolute atomic E-state index is 11.4. The quantitative estimate of drug-likeness (QED) is 0.792. The van der Waals surface area contributed by atoms with Crippen LogP contribution in [-0.2, 0) is 4.79 Å². The zero-order chi connectivity index (χ0) is 13.2. The van der Waals surface area contributed by atoms with Crippen molar-refractivity contribution < 1.29 is 14.6 Å². The number of carbonyl (C=O) groups is 1. The van der Waals surface area contributed by atoms with Crippen LogP contribution < -0.4 is 10.5 Å². The number of carboxylic acids is 1. The molecule has 0 aliphatic rings. The summed E-state index contributed by atoms with van der Waals surface area (Å²) in [6.45, 7) is 5.64. The molecule has 0 saturated heterocycles. The van der Waals surface area contributed by atoms with Crippen LogP contribution >= 0.6 is 0 Å². The second kappa shape index (κ2) is 4.65. The molecule has 3 N–H and O–H groups in total. The summed E-state index contributed by atoms with van der Waals surface area (Å²) >= 11 is 0. The van der Waals surface area contributed by atoms with E-state index in [4.69, 9.17) is 10.5 Å². The molecule has 1 rings (SSSR count). The van der Waals surface area contributed by atoms with E-state index in [9.17, 15) is 9.90 Å². The van der Waals surface area contributed by atoms with Crippen LogP contribution in [0.5, 0.6) is 5.75 Å².